The third kappa shape index (κ3) is 7.72. The number of hydrogen-bond acceptors (Lipinski definition) is 5. The van der Waals surface area contributed by atoms with Crippen LogP contribution in [0.15, 0.2) is 48.5 Å². The lowest BCUT2D eigenvalue weighted by molar-refractivity contribution is -0.131. The molecule has 0 N–H and O–H groups in total. The van der Waals surface area contributed by atoms with Crippen LogP contribution in [0.25, 0.3) is 0 Å². The molecule has 0 fully saturated rings. The molecule has 7 heteroatoms. The van der Waals surface area contributed by atoms with E-state index in [0.29, 0.717) is 26.1 Å². The molecule has 1 aliphatic heterocycles. The van der Waals surface area contributed by atoms with Gasteiger partial charge in [0.1, 0.15) is 12.4 Å². The van der Waals surface area contributed by atoms with E-state index in [1.807, 2.05) is 65.4 Å². The van der Waals surface area contributed by atoms with E-state index in [-0.39, 0.29) is 18.4 Å². The molecule has 3 rings (SSSR count). The summed E-state index contributed by atoms with van der Waals surface area (Å²) in [4.78, 5) is 32.3. The molecule has 0 aliphatic carbocycles. The van der Waals surface area contributed by atoms with Crippen molar-refractivity contribution in [3.8, 4) is 5.75 Å². The first-order valence-electron chi connectivity index (χ1n) is 13.0. The highest BCUT2D eigenvalue weighted by molar-refractivity contribution is 5.95. The number of methoxy groups -OCH3 is 2. The molecule has 0 aromatic heterocycles. The van der Waals surface area contributed by atoms with E-state index in [2.05, 4.69) is 4.90 Å². The molecule has 2 amide bonds. The second-order valence-electron chi connectivity index (χ2n) is 9.39. The number of ether oxygens (including phenoxy) is 2. The lowest BCUT2D eigenvalue weighted by atomic mass is 10.1. The van der Waals surface area contributed by atoms with Gasteiger partial charge >= 0.3 is 0 Å². The van der Waals surface area contributed by atoms with Gasteiger partial charge in [0.15, 0.2) is 0 Å². The summed E-state index contributed by atoms with van der Waals surface area (Å²) in [7, 11) is 5.20. The van der Waals surface area contributed by atoms with E-state index in [0.717, 1.165) is 67.8 Å². The van der Waals surface area contributed by atoms with Crippen molar-refractivity contribution >= 4 is 23.2 Å². The van der Waals surface area contributed by atoms with Crippen LogP contribution in [0.5, 0.6) is 5.75 Å². The summed E-state index contributed by atoms with van der Waals surface area (Å²) in [5.74, 6) is 0.872. The number of hydrogen-bond donors (Lipinski definition) is 0. The van der Waals surface area contributed by atoms with Crippen molar-refractivity contribution in [1.29, 1.82) is 0 Å². The smallest absolute Gasteiger partial charge is 0.252 e. The van der Waals surface area contributed by atoms with Gasteiger partial charge in [0.2, 0.25) is 5.91 Å². The van der Waals surface area contributed by atoms with Crippen molar-refractivity contribution < 1.29 is 19.1 Å². The van der Waals surface area contributed by atoms with Gasteiger partial charge < -0.3 is 24.2 Å². The van der Waals surface area contributed by atoms with Crippen LogP contribution in [-0.4, -0.2) is 64.2 Å². The van der Waals surface area contributed by atoms with Crippen LogP contribution in [0.4, 0.5) is 11.4 Å². The molecule has 0 spiro atoms. The third-order valence-corrected chi connectivity index (χ3v) is 6.78. The molecule has 196 valence electrons. The number of carbonyl (C=O) groups is 2. The Balaban J connectivity index is 1.78. The zero-order valence-electron chi connectivity index (χ0n) is 22.1. The number of rotatable bonds is 7. The quantitative estimate of drug-likeness (QED) is 0.548. The third-order valence-electron chi connectivity index (χ3n) is 6.78. The van der Waals surface area contributed by atoms with Crippen LogP contribution >= 0.6 is 0 Å². The highest BCUT2D eigenvalue weighted by Crippen LogP contribution is 2.27. The summed E-state index contributed by atoms with van der Waals surface area (Å²) >= 11 is 0. The fraction of sp³-hybridized carbons (Fsp3) is 0.517. The predicted octanol–water partition coefficient (Wildman–Crippen LogP) is 4.88. The van der Waals surface area contributed by atoms with E-state index in [1.54, 1.807) is 14.2 Å². The van der Waals surface area contributed by atoms with Gasteiger partial charge in [-0.05, 0) is 36.6 Å². The van der Waals surface area contributed by atoms with E-state index in [1.165, 1.54) is 0 Å². The second kappa shape index (κ2) is 14.5. The largest absolute Gasteiger partial charge is 0.495 e. The van der Waals surface area contributed by atoms with E-state index < -0.39 is 0 Å². The number of carbonyl (C=O) groups excluding carboxylic acids is 2. The molecule has 0 radical (unpaired) electrons. The van der Waals surface area contributed by atoms with Gasteiger partial charge in [0, 0.05) is 52.4 Å². The first-order chi connectivity index (χ1) is 17.5. The molecule has 2 aromatic rings. The van der Waals surface area contributed by atoms with E-state index in [9.17, 15) is 9.59 Å². The SMILES string of the molecule is COCC(=O)N1CCCCCCCCN(C(=O)CCN(C)c2ccccc2OC)Cc2ccccc21. The number of benzene rings is 2. The minimum absolute atomic E-state index is 0.0452. The van der Waals surface area contributed by atoms with E-state index >= 15 is 0 Å². The van der Waals surface area contributed by atoms with Crippen molar-refractivity contribution in [3.63, 3.8) is 0 Å². The summed E-state index contributed by atoms with van der Waals surface area (Å²) in [6, 6.07) is 15.8. The van der Waals surface area contributed by atoms with Gasteiger partial charge in [-0.1, -0.05) is 56.0 Å². The average Bonchev–Trinajstić information content (AvgIpc) is 2.92. The van der Waals surface area contributed by atoms with Crippen LogP contribution in [0.3, 0.4) is 0 Å². The summed E-state index contributed by atoms with van der Waals surface area (Å²) in [6.07, 6.45) is 6.85. The number of para-hydroxylation sites is 3. The molecule has 1 heterocycles. The van der Waals surface area contributed by atoms with Crippen LogP contribution in [0, 0.1) is 0 Å². The Kier molecular flexibility index (Phi) is 11.1. The maximum Gasteiger partial charge on any atom is 0.252 e. The summed E-state index contributed by atoms with van der Waals surface area (Å²) < 4.78 is 10.6. The standard InChI is InChI=1S/C29H41N3O4/c1-30(26-16-10-11-17-27(26)36-3)21-18-28(33)31-19-12-6-4-5-7-13-20-32(29(34)23-35-2)25-15-9-8-14-24(25)22-31/h8-11,14-17H,4-7,12-13,18-23H2,1-3H3. The predicted molar refractivity (Wildman–Crippen MR) is 145 cm³/mol. The molecule has 36 heavy (non-hydrogen) atoms. The number of anilines is 2. The lowest BCUT2D eigenvalue weighted by Crippen LogP contribution is -2.37. The molecular formula is C29H41N3O4. The lowest BCUT2D eigenvalue weighted by Gasteiger charge is -2.29. The zero-order chi connectivity index (χ0) is 25.8. The monoisotopic (exact) mass is 495 g/mol. The van der Waals surface area contributed by atoms with Crippen molar-refractivity contribution in [2.45, 2.75) is 51.5 Å². The summed E-state index contributed by atoms with van der Waals surface area (Å²) in [6.45, 7) is 2.51. The van der Waals surface area contributed by atoms with Crippen molar-refractivity contribution in [2.75, 3.05) is 57.3 Å². The molecule has 2 aromatic carbocycles. The van der Waals surface area contributed by atoms with Gasteiger partial charge in [0.25, 0.3) is 5.91 Å². The van der Waals surface area contributed by atoms with Crippen LogP contribution < -0.4 is 14.5 Å². The van der Waals surface area contributed by atoms with Gasteiger partial charge in [-0.25, -0.2) is 0 Å². The number of fused-ring (bicyclic) bond motifs is 1. The van der Waals surface area contributed by atoms with Gasteiger partial charge in [-0.15, -0.1) is 0 Å². The Hall–Kier alpha value is -3.06. The van der Waals surface area contributed by atoms with Gasteiger partial charge in [0.05, 0.1) is 12.8 Å². The van der Waals surface area contributed by atoms with E-state index in [4.69, 9.17) is 9.47 Å². The normalized spacial score (nSPS) is 15.2. The van der Waals surface area contributed by atoms with Crippen molar-refractivity contribution in [3.05, 3.63) is 54.1 Å². The van der Waals surface area contributed by atoms with Crippen LogP contribution in [0.2, 0.25) is 0 Å². The summed E-state index contributed by atoms with van der Waals surface area (Å²) in [5.41, 5.74) is 2.84. The average molecular weight is 496 g/mol. The molecule has 0 saturated carbocycles. The first kappa shape index (κ1) is 27.5. The molecule has 0 unspecified atom stereocenters. The minimum atomic E-state index is -0.0452. The topological polar surface area (TPSA) is 62.3 Å². The highest BCUT2D eigenvalue weighted by Gasteiger charge is 2.22. The second-order valence-corrected chi connectivity index (χ2v) is 9.39. The first-order valence-corrected chi connectivity index (χ1v) is 13.0. The number of amides is 2. The Labute approximate surface area is 216 Å². The maximum absolute atomic E-state index is 13.5. The fourth-order valence-corrected chi connectivity index (χ4v) is 4.75. The van der Waals surface area contributed by atoms with Crippen LogP contribution in [-0.2, 0) is 20.9 Å². The van der Waals surface area contributed by atoms with Gasteiger partial charge in [-0.2, -0.15) is 0 Å². The number of nitrogens with zero attached hydrogens (tertiary/aromatic N) is 3. The molecule has 0 bridgehead atoms. The zero-order valence-corrected chi connectivity index (χ0v) is 22.1. The Morgan fingerprint density at radius 1 is 0.861 bits per heavy atom. The molecule has 7 nitrogen and oxygen atoms in total. The molecular weight excluding hydrogens is 454 g/mol. The fourth-order valence-electron chi connectivity index (χ4n) is 4.75. The van der Waals surface area contributed by atoms with Crippen LogP contribution in [0.1, 0.15) is 50.5 Å². The Bertz CT molecular complexity index is 980. The molecule has 0 atom stereocenters. The highest BCUT2D eigenvalue weighted by atomic mass is 16.5. The van der Waals surface area contributed by atoms with Gasteiger partial charge in [-0.3, -0.25) is 9.59 Å². The summed E-state index contributed by atoms with van der Waals surface area (Å²) in [5, 5.41) is 0. The Morgan fingerprint density at radius 3 is 2.28 bits per heavy atom. The maximum atomic E-state index is 13.5. The Morgan fingerprint density at radius 2 is 1.53 bits per heavy atom. The molecule has 0 saturated heterocycles. The molecule has 1 aliphatic rings. The van der Waals surface area contributed by atoms with Crippen molar-refractivity contribution in [1.82, 2.24) is 4.90 Å². The van der Waals surface area contributed by atoms with Crippen molar-refractivity contribution in [2.24, 2.45) is 0 Å². The minimum Gasteiger partial charge on any atom is -0.495 e.